The Morgan fingerprint density at radius 2 is 2.19 bits per heavy atom. The molecule has 0 saturated carbocycles. The van der Waals surface area contributed by atoms with Crippen molar-refractivity contribution in [2.24, 2.45) is 0 Å². The Morgan fingerprint density at radius 3 is 2.67 bits per heavy atom. The van der Waals surface area contributed by atoms with E-state index in [9.17, 15) is 23.7 Å². The molecule has 9 heteroatoms. The fraction of sp³-hybridized carbons (Fsp3) is 0.333. The van der Waals surface area contributed by atoms with Crippen LogP contribution >= 0.6 is 0 Å². The average molecular weight is 300 g/mol. The van der Waals surface area contributed by atoms with Gasteiger partial charge in [0.2, 0.25) is 0 Å². The second-order valence-electron chi connectivity index (χ2n) is 3.71. The minimum Gasteiger partial charge on any atom is -0.466 e. The predicted molar refractivity (Wildman–Crippen MR) is 64.8 cm³/mol. The number of halogens is 2. The van der Waals surface area contributed by atoms with Gasteiger partial charge in [0, 0.05) is 6.07 Å². The van der Waals surface area contributed by atoms with Crippen molar-refractivity contribution in [2.45, 2.75) is 20.0 Å². The number of non-ortho nitro benzene ring substituents is 1. The average Bonchev–Trinajstić information content (AvgIpc) is 2.37. The van der Waals surface area contributed by atoms with E-state index in [1.54, 1.807) is 13.0 Å². The Kier molecular flexibility index (Phi) is 5.54. The van der Waals surface area contributed by atoms with Gasteiger partial charge in [0.05, 0.1) is 29.6 Å². The summed E-state index contributed by atoms with van der Waals surface area (Å²) >= 11 is 0. The van der Waals surface area contributed by atoms with E-state index < -0.39 is 35.4 Å². The van der Waals surface area contributed by atoms with E-state index in [0.29, 0.717) is 6.07 Å². The molecule has 0 atom stereocenters. The lowest BCUT2D eigenvalue weighted by Gasteiger charge is -2.10. The van der Waals surface area contributed by atoms with Crippen LogP contribution in [0.1, 0.15) is 18.1 Å². The molecule has 0 aliphatic heterocycles. The number of carbonyl (C=O) groups is 1. The number of nitrogens with zero attached hydrogens (tertiary/aromatic N) is 2. The fourth-order valence-corrected chi connectivity index (χ4v) is 1.59. The van der Waals surface area contributed by atoms with Crippen LogP contribution in [0, 0.1) is 21.4 Å². The summed E-state index contributed by atoms with van der Waals surface area (Å²) in [5.41, 5.74) is -1.04. The molecule has 1 aromatic rings. The fourth-order valence-electron chi connectivity index (χ4n) is 1.59. The monoisotopic (exact) mass is 300 g/mol. The molecule has 21 heavy (non-hydrogen) atoms. The molecule has 1 aromatic carbocycles. The molecule has 0 unspecified atom stereocenters. The minimum absolute atomic E-state index is 0.0794. The summed E-state index contributed by atoms with van der Waals surface area (Å²) in [6.45, 7) is -1.62. The van der Waals surface area contributed by atoms with Crippen LogP contribution < -0.4 is 4.74 Å². The molecule has 112 valence electrons. The van der Waals surface area contributed by atoms with Crippen molar-refractivity contribution in [3.63, 3.8) is 0 Å². The molecule has 0 N–H and O–H groups in total. The van der Waals surface area contributed by atoms with E-state index in [2.05, 4.69) is 9.47 Å². The summed E-state index contributed by atoms with van der Waals surface area (Å²) in [5, 5.41) is 19.8. The normalized spacial score (nSPS) is 10.0. The Morgan fingerprint density at radius 1 is 1.52 bits per heavy atom. The first-order valence-electron chi connectivity index (χ1n) is 5.70. The number of nitro groups is 1. The Hall–Kier alpha value is -2.76. The molecule has 0 bridgehead atoms. The maximum absolute atomic E-state index is 12.3. The third-order valence-corrected chi connectivity index (χ3v) is 2.35. The van der Waals surface area contributed by atoms with Gasteiger partial charge in [-0.25, -0.2) is 0 Å². The second kappa shape index (κ2) is 7.14. The molecule has 0 fully saturated rings. The van der Waals surface area contributed by atoms with Crippen molar-refractivity contribution in [2.75, 3.05) is 6.61 Å². The summed E-state index contributed by atoms with van der Waals surface area (Å²) in [4.78, 5) is 21.3. The number of hydrogen-bond donors (Lipinski definition) is 0. The maximum Gasteiger partial charge on any atom is 0.387 e. The van der Waals surface area contributed by atoms with Crippen molar-refractivity contribution in [3.05, 3.63) is 33.4 Å². The molecule has 0 saturated heterocycles. The van der Waals surface area contributed by atoms with Crippen LogP contribution in [0.4, 0.5) is 14.5 Å². The van der Waals surface area contributed by atoms with Crippen LogP contribution in [0.2, 0.25) is 0 Å². The number of benzene rings is 1. The second-order valence-corrected chi connectivity index (χ2v) is 3.71. The first kappa shape index (κ1) is 16.3. The lowest BCUT2D eigenvalue weighted by Crippen LogP contribution is -2.11. The lowest BCUT2D eigenvalue weighted by molar-refractivity contribution is -0.385. The smallest absolute Gasteiger partial charge is 0.387 e. The standard InChI is InChI=1S/C12H10F2N2O5/c1-2-20-11(17)4-7-3-8(16(18)19)5-10(9(7)6-15)21-12(13)14/h3,5,12H,2,4H2,1H3. The number of ether oxygens (including phenoxy) is 2. The summed E-state index contributed by atoms with van der Waals surface area (Å²) in [6, 6.07) is 3.25. The maximum atomic E-state index is 12.3. The Bertz CT molecular complexity index is 598. The minimum atomic E-state index is -3.26. The van der Waals surface area contributed by atoms with Crippen LogP contribution in [0.25, 0.3) is 0 Å². The van der Waals surface area contributed by atoms with Gasteiger partial charge in [-0.1, -0.05) is 0 Å². The molecule has 0 spiro atoms. The molecular formula is C12H10F2N2O5. The highest BCUT2D eigenvalue weighted by Gasteiger charge is 2.21. The third kappa shape index (κ3) is 4.38. The molecule has 0 amide bonds. The largest absolute Gasteiger partial charge is 0.466 e. The molecule has 0 aliphatic rings. The molecule has 0 aliphatic carbocycles. The predicted octanol–water partition coefficient (Wildman–Crippen LogP) is 2.17. The lowest BCUT2D eigenvalue weighted by atomic mass is 10.0. The van der Waals surface area contributed by atoms with Crippen LogP contribution in [0.5, 0.6) is 5.75 Å². The van der Waals surface area contributed by atoms with Crippen LogP contribution in [0.3, 0.4) is 0 Å². The van der Waals surface area contributed by atoms with E-state index in [1.165, 1.54) is 0 Å². The third-order valence-electron chi connectivity index (χ3n) is 2.35. The Balaban J connectivity index is 3.31. The van der Waals surface area contributed by atoms with E-state index in [0.717, 1.165) is 6.07 Å². The van der Waals surface area contributed by atoms with Gasteiger partial charge in [0.25, 0.3) is 5.69 Å². The van der Waals surface area contributed by atoms with E-state index in [-0.39, 0.29) is 17.7 Å². The van der Waals surface area contributed by atoms with E-state index in [1.807, 2.05) is 0 Å². The van der Waals surface area contributed by atoms with Gasteiger partial charge in [-0.2, -0.15) is 14.0 Å². The van der Waals surface area contributed by atoms with Gasteiger partial charge in [-0.3, -0.25) is 14.9 Å². The van der Waals surface area contributed by atoms with Crippen molar-refractivity contribution >= 4 is 11.7 Å². The summed E-state index contributed by atoms with van der Waals surface area (Å²) < 4.78 is 33.3. The van der Waals surface area contributed by atoms with Crippen LogP contribution in [0.15, 0.2) is 12.1 Å². The zero-order valence-corrected chi connectivity index (χ0v) is 10.8. The molecule has 7 nitrogen and oxygen atoms in total. The number of hydrogen-bond acceptors (Lipinski definition) is 6. The first-order valence-corrected chi connectivity index (χ1v) is 5.70. The molecule has 0 aromatic heterocycles. The summed E-state index contributed by atoms with van der Waals surface area (Å²) in [7, 11) is 0. The molecule has 1 rings (SSSR count). The number of nitro benzene ring substituents is 1. The number of esters is 1. The van der Waals surface area contributed by atoms with Gasteiger partial charge >= 0.3 is 12.6 Å². The molecule has 0 radical (unpaired) electrons. The van der Waals surface area contributed by atoms with Crippen molar-refractivity contribution in [1.29, 1.82) is 5.26 Å². The topological polar surface area (TPSA) is 102 Å². The number of alkyl halides is 2. The Labute approximate surface area is 117 Å². The van der Waals surface area contributed by atoms with Gasteiger partial charge in [-0.05, 0) is 12.5 Å². The van der Waals surface area contributed by atoms with Gasteiger partial charge in [0.1, 0.15) is 6.07 Å². The summed E-state index contributed by atoms with van der Waals surface area (Å²) in [6.07, 6.45) is -0.460. The van der Waals surface area contributed by atoms with E-state index in [4.69, 9.17) is 5.26 Å². The van der Waals surface area contributed by atoms with Crippen LogP contribution in [-0.4, -0.2) is 24.1 Å². The number of rotatable bonds is 6. The van der Waals surface area contributed by atoms with Crippen LogP contribution in [-0.2, 0) is 16.0 Å². The highest BCUT2D eigenvalue weighted by atomic mass is 19.3. The van der Waals surface area contributed by atoms with Crippen molar-refractivity contribution in [3.8, 4) is 11.8 Å². The summed E-state index contributed by atoms with van der Waals surface area (Å²) in [5.74, 6) is -1.39. The van der Waals surface area contributed by atoms with Crippen molar-refractivity contribution < 1.29 is 28.0 Å². The molecular weight excluding hydrogens is 290 g/mol. The molecule has 0 heterocycles. The van der Waals surface area contributed by atoms with Gasteiger partial charge < -0.3 is 9.47 Å². The van der Waals surface area contributed by atoms with E-state index >= 15 is 0 Å². The quantitative estimate of drug-likeness (QED) is 0.453. The SMILES string of the molecule is CCOC(=O)Cc1cc([N+](=O)[O-])cc(OC(F)F)c1C#N. The number of nitriles is 1. The highest BCUT2D eigenvalue weighted by molar-refractivity contribution is 5.75. The first-order chi connectivity index (χ1) is 9.88. The van der Waals surface area contributed by atoms with Gasteiger partial charge in [-0.15, -0.1) is 0 Å². The zero-order valence-electron chi connectivity index (χ0n) is 10.8. The zero-order chi connectivity index (χ0) is 16.0. The highest BCUT2D eigenvalue weighted by Crippen LogP contribution is 2.30. The van der Waals surface area contributed by atoms with Crippen molar-refractivity contribution in [1.82, 2.24) is 0 Å². The number of carbonyl (C=O) groups excluding carboxylic acids is 1. The van der Waals surface area contributed by atoms with Gasteiger partial charge in [0.15, 0.2) is 5.75 Å².